The molecule has 3 rings (SSSR count). The summed E-state index contributed by atoms with van der Waals surface area (Å²) in [6.45, 7) is 2.77. The number of carbonyl (C=O) groups excluding carboxylic acids is 1. The fourth-order valence-electron chi connectivity index (χ4n) is 3.64. The Labute approximate surface area is 138 Å². The molecule has 3 heteroatoms. The Kier molecular flexibility index (Phi) is 4.85. The van der Waals surface area contributed by atoms with E-state index in [0.29, 0.717) is 6.42 Å². The molecule has 122 valence electrons. The van der Waals surface area contributed by atoms with Crippen LogP contribution in [0.3, 0.4) is 0 Å². The average Bonchev–Trinajstić information content (AvgIpc) is 2.57. The van der Waals surface area contributed by atoms with Crippen LogP contribution in [0, 0.1) is 0 Å². The quantitative estimate of drug-likeness (QED) is 0.867. The van der Waals surface area contributed by atoms with Crippen LogP contribution in [-0.2, 0) is 17.6 Å². The van der Waals surface area contributed by atoms with Crippen molar-refractivity contribution in [3.8, 4) is 5.75 Å². The molecule has 0 radical (unpaired) electrons. The van der Waals surface area contributed by atoms with E-state index in [0.717, 1.165) is 44.4 Å². The summed E-state index contributed by atoms with van der Waals surface area (Å²) in [7, 11) is 1.75. The summed E-state index contributed by atoms with van der Waals surface area (Å²) in [5.74, 6) is 1.17. The Balaban J connectivity index is 1.83. The number of rotatable bonds is 6. The predicted octanol–water partition coefficient (Wildman–Crippen LogP) is 3.81. The average molecular weight is 311 g/mol. The molecule has 23 heavy (non-hydrogen) atoms. The molecule has 0 spiro atoms. The lowest BCUT2D eigenvalue weighted by Gasteiger charge is -2.28. The van der Waals surface area contributed by atoms with Crippen molar-refractivity contribution in [3.05, 3.63) is 46.5 Å². The molecule has 0 fully saturated rings. The zero-order valence-electron chi connectivity index (χ0n) is 14.1. The van der Waals surface area contributed by atoms with Gasteiger partial charge in [-0.1, -0.05) is 30.7 Å². The number of hydrogen-bond acceptors (Lipinski definition) is 2. The number of amides is 1. The van der Waals surface area contributed by atoms with Gasteiger partial charge in [0, 0.05) is 18.5 Å². The second-order valence-electron chi connectivity index (χ2n) is 6.25. The van der Waals surface area contributed by atoms with Gasteiger partial charge in [-0.2, -0.15) is 0 Å². The molecule has 2 aliphatic carbocycles. The highest BCUT2D eigenvalue weighted by Crippen LogP contribution is 2.42. The van der Waals surface area contributed by atoms with Crippen molar-refractivity contribution in [2.45, 2.75) is 45.4 Å². The van der Waals surface area contributed by atoms with Crippen LogP contribution in [0.5, 0.6) is 5.75 Å². The van der Waals surface area contributed by atoms with Gasteiger partial charge in [0.25, 0.3) is 0 Å². The summed E-state index contributed by atoms with van der Waals surface area (Å²) in [5.41, 5.74) is 6.94. The van der Waals surface area contributed by atoms with Crippen LogP contribution in [0.15, 0.2) is 29.9 Å². The third-order valence-corrected chi connectivity index (χ3v) is 4.75. The van der Waals surface area contributed by atoms with Crippen molar-refractivity contribution < 1.29 is 9.53 Å². The van der Waals surface area contributed by atoms with Gasteiger partial charge < -0.3 is 10.1 Å². The van der Waals surface area contributed by atoms with Gasteiger partial charge in [0.1, 0.15) is 5.75 Å². The zero-order chi connectivity index (χ0) is 16.2. The maximum absolute atomic E-state index is 11.6. The number of hydrogen-bond donors (Lipinski definition) is 1. The van der Waals surface area contributed by atoms with Gasteiger partial charge in [-0.15, -0.1) is 0 Å². The molecule has 0 unspecified atom stereocenters. The smallest absolute Gasteiger partial charge is 0.219 e. The highest BCUT2D eigenvalue weighted by molar-refractivity contribution is 5.85. The van der Waals surface area contributed by atoms with Crippen LogP contribution >= 0.6 is 0 Å². The first-order chi connectivity index (χ1) is 11.2. The molecular formula is C20H25NO2. The summed E-state index contributed by atoms with van der Waals surface area (Å²) in [4.78, 5) is 11.6. The molecule has 2 aliphatic rings. The SMILES string of the molecule is CCCC(=O)NCCC1=C2C=CCc3ccc(OC)c(c32)CC1. The van der Waals surface area contributed by atoms with Gasteiger partial charge in [0.05, 0.1) is 7.11 Å². The summed E-state index contributed by atoms with van der Waals surface area (Å²) in [6, 6.07) is 4.29. The summed E-state index contributed by atoms with van der Waals surface area (Å²) in [5, 5.41) is 3.03. The van der Waals surface area contributed by atoms with Crippen LogP contribution < -0.4 is 10.1 Å². The van der Waals surface area contributed by atoms with E-state index >= 15 is 0 Å². The Morgan fingerprint density at radius 2 is 2.17 bits per heavy atom. The second-order valence-corrected chi connectivity index (χ2v) is 6.25. The minimum atomic E-state index is 0.163. The maximum Gasteiger partial charge on any atom is 0.219 e. The summed E-state index contributed by atoms with van der Waals surface area (Å²) in [6.07, 6.45) is 10.0. The molecular weight excluding hydrogens is 286 g/mol. The van der Waals surface area contributed by atoms with Gasteiger partial charge in [0.2, 0.25) is 5.91 Å². The van der Waals surface area contributed by atoms with Crippen LogP contribution in [-0.4, -0.2) is 19.6 Å². The number of methoxy groups -OCH3 is 1. The third kappa shape index (κ3) is 3.19. The Morgan fingerprint density at radius 3 is 2.96 bits per heavy atom. The Hall–Kier alpha value is -2.03. The minimum Gasteiger partial charge on any atom is -0.496 e. The highest BCUT2D eigenvalue weighted by Gasteiger charge is 2.24. The summed E-state index contributed by atoms with van der Waals surface area (Å²) >= 11 is 0. The minimum absolute atomic E-state index is 0.163. The van der Waals surface area contributed by atoms with E-state index in [4.69, 9.17) is 4.74 Å². The number of ether oxygens (including phenoxy) is 1. The van der Waals surface area contributed by atoms with E-state index in [2.05, 4.69) is 29.6 Å². The van der Waals surface area contributed by atoms with E-state index in [1.165, 1.54) is 27.8 Å². The predicted molar refractivity (Wildman–Crippen MR) is 93.6 cm³/mol. The van der Waals surface area contributed by atoms with Crippen LogP contribution in [0.1, 0.15) is 49.3 Å². The van der Waals surface area contributed by atoms with Gasteiger partial charge in [0.15, 0.2) is 0 Å². The van der Waals surface area contributed by atoms with Crippen molar-refractivity contribution in [1.29, 1.82) is 0 Å². The monoisotopic (exact) mass is 311 g/mol. The van der Waals surface area contributed by atoms with Crippen LogP contribution in [0.4, 0.5) is 0 Å². The van der Waals surface area contributed by atoms with Crippen molar-refractivity contribution in [2.75, 3.05) is 13.7 Å². The standard InChI is InChI=1S/C20H25NO2/c1-3-5-19(22)21-13-12-14-8-10-17-18(23-2)11-9-15-6-4-7-16(14)20(15)17/h4,7,9,11H,3,5-6,8,10,12-13H2,1-2H3,(H,21,22). The maximum atomic E-state index is 11.6. The van der Waals surface area contributed by atoms with Crippen molar-refractivity contribution in [3.63, 3.8) is 0 Å². The molecule has 0 saturated heterocycles. The Bertz CT molecular complexity index is 670. The van der Waals surface area contributed by atoms with E-state index < -0.39 is 0 Å². The second kappa shape index (κ2) is 7.03. The molecule has 1 N–H and O–H groups in total. The highest BCUT2D eigenvalue weighted by atomic mass is 16.5. The molecule has 1 aromatic rings. The van der Waals surface area contributed by atoms with E-state index in [1.807, 2.05) is 6.92 Å². The lowest BCUT2D eigenvalue weighted by atomic mass is 9.78. The van der Waals surface area contributed by atoms with Gasteiger partial charge in [-0.3, -0.25) is 4.79 Å². The van der Waals surface area contributed by atoms with Crippen LogP contribution in [0.2, 0.25) is 0 Å². The summed E-state index contributed by atoms with van der Waals surface area (Å²) < 4.78 is 5.56. The van der Waals surface area contributed by atoms with Gasteiger partial charge >= 0.3 is 0 Å². The largest absolute Gasteiger partial charge is 0.496 e. The Morgan fingerprint density at radius 1 is 1.30 bits per heavy atom. The van der Waals surface area contributed by atoms with Gasteiger partial charge in [-0.05, 0) is 54.9 Å². The molecule has 0 heterocycles. The fourth-order valence-corrected chi connectivity index (χ4v) is 3.64. The molecule has 0 aliphatic heterocycles. The van der Waals surface area contributed by atoms with E-state index in [1.54, 1.807) is 7.11 Å². The molecule has 3 nitrogen and oxygen atoms in total. The van der Waals surface area contributed by atoms with Crippen LogP contribution in [0.25, 0.3) is 5.57 Å². The number of benzene rings is 1. The lowest BCUT2D eigenvalue weighted by molar-refractivity contribution is -0.121. The topological polar surface area (TPSA) is 38.3 Å². The molecule has 0 bridgehead atoms. The number of carbonyl (C=O) groups is 1. The van der Waals surface area contributed by atoms with Crippen molar-refractivity contribution in [1.82, 2.24) is 5.32 Å². The number of allylic oxidation sites excluding steroid dienone is 3. The third-order valence-electron chi connectivity index (χ3n) is 4.75. The first kappa shape index (κ1) is 15.9. The zero-order valence-corrected chi connectivity index (χ0v) is 14.1. The van der Waals surface area contributed by atoms with Crippen molar-refractivity contribution >= 4 is 11.5 Å². The van der Waals surface area contributed by atoms with Crippen molar-refractivity contribution in [2.24, 2.45) is 0 Å². The van der Waals surface area contributed by atoms with E-state index in [9.17, 15) is 4.79 Å². The first-order valence-corrected chi connectivity index (χ1v) is 8.59. The number of nitrogens with one attached hydrogen (secondary N) is 1. The first-order valence-electron chi connectivity index (χ1n) is 8.59. The fraction of sp³-hybridized carbons (Fsp3) is 0.450. The molecule has 0 atom stereocenters. The van der Waals surface area contributed by atoms with Gasteiger partial charge in [-0.25, -0.2) is 0 Å². The van der Waals surface area contributed by atoms with E-state index in [-0.39, 0.29) is 5.91 Å². The normalized spacial score (nSPS) is 15.4. The molecule has 0 saturated carbocycles. The molecule has 1 aromatic carbocycles. The molecule has 1 amide bonds. The lowest BCUT2D eigenvalue weighted by Crippen LogP contribution is -2.24. The molecule has 0 aromatic heterocycles.